The predicted molar refractivity (Wildman–Crippen MR) is 119 cm³/mol. The maximum atomic E-state index is 13.2. The molecule has 4 rings (SSSR count). The Labute approximate surface area is 178 Å². The molecule has 5 nitrogen and oxygen atoms in total. The van der Waals surface area contributed by atoms with Gasteiger partial charge in [0.15, 0.2) is 0 Å². The lowest BCUT2D eigenvalue weighted by molar-refractivity contribution is -0.123. The molecular weight excluding hydrogens is 384 g/mol. The average Bonchev–Trinajstić information content (AvgIpc) is 3.40. The van der Waals surface area contributed by atoms with Gasteiger partial charge in [-0.25, -0.2) is 4.98 Å². The van der Waals surface area contributed by atoms with Crippen LogP contribution in [0, 0.1) is 6.92 Å². The zero-order valence-electron chi connectivity index (χ0n) is 16.6. The molecule has 0 spiro atoms. The van der Waals surface area contributed by atoms with Gasteiger partial charge in [0.25, 0.3) is 0 Å². The van der Waals surface area contributed by atoms with Crippen molar-refractivity contribution in [1.82, 2.24) is 14.9 Å². The second-order valence-electron chi connectivity index (χ2n) is 7.24. The largest absolute Gasteiger partial charge is 0.371 e. The Balaban J connectivity index is 0.00000240. The van der Waals surface area contributed by atoms with Gasteiger partial charge in [0.2, 0.25) is 5.91 Å². The van der Waals surface area contributed by atoms with Crippen molar-refractivity contribution in [1.29, 1.82) is 0 Å². The molecule has 1 saturated heterocycles. The first-order valence-corrected chi connectivity index (χ1v) is 9.89. The number of benzene rings is 2. The van der Waals surface area contributed by atoms with Gasteiger partial charge in [0, 0.05) is 37.7 Å². The zero-order valence-corrected chi connectivity index (χ0v) is 17.4. The molecule has 29 heavy (non-hydrogen) atoms. The van der Waals surface area contributed by atoms with Crippen LogP contribution in [-0.2, 0) is 11.3 Å². The van der Waals surface area contributed by atoms with Crippen molar-refractivity contribution in [3.8, 4) is 0 Å². The Bertz CT molecular complexity index is 935. The lowest BCUT2D eigenvalue weighted by atomic mass is 10.1. The Kier molecular flexibility index (Phi) is 6.94. The van der Waals surface area contributed by atoms with E-state index in [1.807, 2.05) is 54.1 Å². The van der Waals surface area contributed by atoms with Gasteiger partial charge in [-0.15, -0.1) is 12.4 Å². The summed E-state index contributed by atoms with van der Waals surface area (Å²) in [5.74, 6) is 0.796. The van der Waals surface area contributed by atoms with Crippen LogP contribution in [0.1, 0.15) is 35.8 Å². The predicted octanol–water partition coefficient (Wildman–Crippen LogP) is 4.12. The molecule has 1 aliphatic heterocycles. The first kappa shape index (κ1) is 20.9. The van der Waals surface area contributed by atoms with Crippen LogP contribution in [0.3, 0.4) is 0 Å². The molecular formula is C23H27ClN4O. The fourth-order valence-corrected chi connectivity index (χ4v) is 3.94. The molecule has 1 N–H and O–H groups in total. The van der Waals surface area contributed by atoms with Gasteiger partial charge in [-0.2, -0.15) is 0 Å². The number of rotatable bonds is 6. The Hall–Kier alpha value is -2.79. The van der Waals surface area contributed by atoms with Gasteiger partial charge in [-0.05, 0) is 37.0 Å². The maximum Gasteiger partial charge on any atom is 0.248 e. The van der Waals surface area contributed by atoms with E-state index in [9.17, 15) is 4.79 Å². The molecule has 1 unspecified atom stereocenters. The SMILES string of the molecule is Cc1nccn1C(C(=O)NCc1ccccc1N1CCCC1)c1ccccc1.Cl. The number of nitrogens with zero attached hydrogens (tertiary/aromatic N) is 3. The summed E-state index contributed by atoms with van der Waals surface area (Å²) in [6.07, 6.45) is 6.07. The molecule has 152 valence electrons. The van der Waals surface area contributed by atoms with Crippen LogP contribution < -0.4 is 10.2 Å². The first-order chi connectivity index (χ1) is 13.7. The van der Waals surface area contributed by atoms with Crippen molar-refractivity contribution < 1.29 is 4.79 Å². The van der Waals surface area contributed by atoms with E-state index >= 15 is 0 Å². The lowest BCUT2D eigenvalue weighted by Crippen LogP contribution is -2.33. The number of carbonyl (C=O) groups is 1. The molecule has 1 fully saturated rings. The third-order valence-electron chi connectivity index (χ3n) is 5.40. The van der Waals surface area contributed by atoms with Gasteiger partial charge in [0.05, 0.1) is 0 Å². The van der Waals surface area contributed by atoms with Crippen LogP contribution in [0.15, 0.2) is 67.0 Å². The number of para-hydroxylation sites is 1. The summed E-state index contributed by atoms with van der Waals surface area (Å²) in [5, 5.41) is 3.16. The minimum absolute atomic E-state index is 0. The highest BCUT2D eigenvalue weighted by atomic mass is 35.5. The molecule has 0 saturated carbocycles. The highest BCUT2D eigenvalue weighted by Gasteiger charge is 2.24. The number of carbonyl (C=O) groups excluding carboxylic acids is 1. The third-order valence-corrected chi connectivity index (χ3v) is 5.40. The fraction of sp³-hybridized carbons (Fsp3) is 0.304. The molecule has 1 aromatic heterocycles. The molecule has 6 heteroatoms. The third kappa shape index (κ3) is 4.62. The summed E-state index contributed by atoms with van der Waals surface area (Å²) < 4.78 is 1.93. The molecule has 0 radical (unpaired) electrons. The van der Waals surface area contributed by atoms with Crippen LogP contribution in [0.4, 0.5) is 5.69 Å². The van der Waals surface area contributed by atoms with E-state index in [0.29, 0.717) is 6.54 Å². The van der Waals surface area contributed by atoms with E-state index in [-0.39, 0.29) is 18.3 Å². The van der Waals surface area contributed by atoms with Crippen molar-refractivity contribution in [2.75, 3.05) is 18.0 Å². The number of aryl methyl sites for hydroxylation is 1. The molecule has 1 atom stereocenters. The summed E-state index contributed by atoms with van der Waals surface area (Å²) in [5.41, 5.74) is 3.34. The number of amides is 1. The molecule has 0 bridgehead atoms. The Morgan fingerprint density at radius 3 is 2.45 bits per heavy atom. The summed E-state index contributed by atoms with van der Waals surface area (Å²) in [4.78, 5) is 19.9. The van der Waals surface area contributed by atoms with E-state index in [2.05, 4.69) is 33.4 Å². The van der Waals surface area contributed by atoms with Crippen LogP contribution in [0.25, 0.3) is 0 Å². The normalized spacial score (nSPS) is 14.3. The summed E-state index contributed by atoms with van der Waals surface area (Å²) in [6.45, 7) is 4.62. The van der Waals surface area contributed by atoms with Crippen LogP contribution in [0.2, 0.25) is 0 Å². The first-order valence-electron chi connectivity index (χ1n) is 9.89. The molecule has 2 aromatic carbocycles. The maximum absolute atomic E-state index is 13.2. The number of hydrogen-bond acceptors (Lipinski definition) is 3. The lowest BCUT2D eigenvalue weighted by Gasteiger charge is -2.23. The number of anilines is 1. The second-order valence-corrected chi connectivity index (χ2v) is 7.24. The second kappa shape index (κ2) is 9.61. The number of imidazole rings is 1. The topological polar surface area (TPSA) is 50.2 Å². The highest BCUT2D eigenvalue weighted by Crippen LogP contribution is 2.25. The van der Waals surface area contributed by atoms with Crippen molar-refractivity contribution in [3.63, 3.8) is 0 Å². The van der Waals surface area contributed by atoms with Crippen molar-refractivity contribution in [2.24, 2.45) is 0 Å². The summed E-state index contributed by atoms with van der Waals surface area (Å²) in [7, 11) is 0. The fourth-order valence-electron chi connectivity index (χ4n) is 3.94. The smallest absolute Gasteiger partial charge is 0.248 e. The minimum Gasteiger partial charge on any atom is -0.371 e. The van der Waals surface area contributed by atoms with E-state index in [0.717, 1.165) is 30.0 Å². The quantitative estimate of drug-likeness (QED) is 0.665. The van der Waals surface area contributed by atoms with E-state index < -0.39 is 6.04 Å². The van der Waals surface area contributed by atoms with Gasteiger partial charge in [0.1, 0.15) is 11.9 Å². The summed E-state index contributed by atoms with van der Waals surface area (Å²) in [6, 6.07) is 17.8. The molecule has 3 aromatic rings. The highest BCUT2D eigenvalue weighted by molar-refractivity contribution is 5.85. The molecule has 2 heterocycles. The van der Waals surface area contributed by atoms with Gasteiger partial charge >= 0.3 is 0 Å². The van der Waals surface area contributed by atoms with Crippen LogP contribution in [0.5, 0.6) is 0 Å². The van der Waals surface area contributed by atoms with Gasteiger partial charge in [-0.3, -0.25) is 4.79 Å². The Morgan fingerprint density at radius 2 is 1.76 bits per heavy atom. The van der Waals surface area contributed by atoms with Crippen molar-refractivity contribution in [3.05, 3.63) is 83.9 Å². The van der Waals surface area contributed by atoms with Crippen LogP contribution in [-0.4, -0.2) is 28.5 Å². The average molecular weight is 411 g/mol. The number of halogens is 1. The van der Waals surface area contributed by atoms with E-state index in [4.69, 9.17) is 0 Å². The van der Waals surface area contributed by atoms with Crippen LogP contribution >= 0.6 is 12.4 Å². The number of hydrogen-bond donors (Lipinski definition) is 1. The standard InChI is InChI=1S/C23H26N4O.ClH/c1-18-24-13-16-27(18)22(19-9-3-2-4-10-19)23(28)25-17-20-11-5-6-12-21(20)26-14-7-8-15-26;/h2-6,9-13,16,22H,7-8,14-15,17H2,1H3,(H,25,28);1H. The van der Waals surface area contributed by atoms with E-state index in [1.165, 1.54) is 18.5 Å². The van der Waals surface area contributed by atoms with E-state index in [1.54, 1.807) is 6.20 Å². The van der Waals surface area contributed by atoms with Gasteiger partial charge < -0.3 is 14.8 Å². The van der Waals surface area contributed by atoms with Gasteiger partial charge in [-0.1, -0.05) is 48.5 Å². The molecule has 1 aliphatic rings. The monoisotopic (exact) mass is 410 g/mol. The summed E-state index contributed by atoms with van der Waals surface area (Å²) >= 11 is 0. The number of aromatic nitrogens is 2. The Morgan fingerprint density at radius 1 is 1.07 bits per heavy atom. The van der Waals surface area contributed by atoms with Crippen molar-refractivity contribution in [2.45, 2.75) is 32.4 Å². The zero-order chi connectivity index (χ0) is 19.3. The number of nitrogens with one attached hydrogen (secondary N) is 1. The minimum atomic E-state index is -0.428. The molecule has 0 aliphatic carbocycles. The van der Waals surface area contributed by atoms with Crippen molar-refractivity contribution >= 4 is 24.0 Å². The molecule has 1 amide bonds.